The van der Waals surface area contributed by atoms with Gasteiger partial charge in [-0.25, -0.2) is 9.59 Å². The number of esters is 2. The summed E-state index contributed by atoms with van der Waals surface area (Å²) in [6.07, 6.45) is 2.14. The van der Waals surface area contributed by atoms with Crippen LogP contribution in [0.1, 0.15) is 19.4 Å². The molecule has 1 aromatic rings. The maximum absolute atomic E-state index is 11.9. The Bertz CT molecular complexity index is 587. The zero-order valence-electron chi connectivity index (χ0n) is 13.3. The maximum Gasteiger partial charge on any atom is 0.348 e. The number of carbonyl (C=O) groups excluding carboxylic acids is 2. The van der Waals surface area contributed by atoms with E-state index in [-0.39, 0.29) is 6.61 Å². The Balaban J connectivity index is 1.98. The molecule has 2 rings (SSSR count). The molecule has 22 heavy (non-hydrogen) atoms. The van der Waals surface area contributed by atoms with Crippen LogP contribution in [0.2, 0.25) is 0 Å². The molecule has 1 saturated heterocycles. The van der Waals surface area contributed by atoms with Crippen molar-refractivity contribution in [1.29, 1.82) is 0 Å². The van der Waals surface area contributed by atoms with E-state index in [1.54, 1.807) is 6.08 Å². The number of anilines is 1. The lowest BCUT2D eigenvalue weighted by Crippen LogP contribution is -2.34. The highest BCUT2D eigenvalue weighted by molar-refractivity contribution is 5.90. The second-order valence-electron chi connectivity index (χ2n) is 6.23. The second-order valence-corrected chi connectivity index (χ2v) is 6.23. The molecule has 0 unspecified atom stereocenters. The summed E-state index contributed by atoms with van der Waals surface area (Å²) in [6, 6.07) is 7.74. The van der Waals surface area contributed by atoms with Gasteiger partial charge < -0.3 is 14.4 Å². The van der Waals surface area contributed by atoms with Gasteiger partial charge in [-0.15, -0.1) is 0 Å². The molecule has 5 heteroatoms. The zero-order chi connectivity index (χ0) is 16.3. The van der Waals surface area contributed by atoms with Gasteiger partial charge in [0.2, 0.25) is 6.10 Å². The SMILES string of the molecule is CN(C)c1ccc(/C=C/C(=O)O[C@H]2C(=O)OCC2(C)C)cc1. The molecule has 0 radical (unpaired) electrons. The lowest BCUT2D eigenvalue weighted by Gasteiger charge is -2.20. The van der Waals surface area contributed by atoms with E-state index in [1.807, 2.05) is 57.1 Å². The number of hydrogen-bond donors (Lipinski definition) is 0. The molecule has 0 saturated carbocycles. The molecule has 1 aromatic carbocycles. The van der Waals surface area contributed by atoms with Crippen LogP contribution in [0.4, 0.5) is 5.69 Å². The Labute approximate surface area is 130 Å². The minimum absolute atomic E-state index is 0.263. The molecule has 1 aliphatic rings. The summed E-state index contributed by atoms with van der Waals surface area (Å²) in [5, 5.41) is 0. The highest BCUT2D eigenvalue weighted by atomic mass is 16.6. The average molecular weight is 303 g/mol. The predicted octanol–water partition coefficient (Wildman–Crippen LogP) is 2.26. The Morgan fingerprint density at radius 2 is 1.95 bits per heavy atom. The molecule has 118 valence electrons. The van der Waals surface area contributed by atoms with Gasteiger partial charge in [0.05, 0.1) is 0 Å². The van der Waals surface area contributed by atoms with Crippen LogP contribution in [0.3, 0.4) is 0 Å². The quantitative estimate of drug-likeness (QED) is 0.631. The number of hydrogen-bond acceptors (Lipinski definition) is 5. The summed E-state index contributed by atoms with van der Waals surface area (Å²) in [5.74, 6) is -1.03. The fraction of sp³-hybridized carbons (Fsp3) is 0.412. The highest BCUT2D eigenvalue weighted by Gasteiger charge is 2.46. The fourth-order valence-corrected chi connectivity index (χ4v) is 2.14. The predicted molar refractivity (Wildman–Crippen MR) is 84.4 cm³/mol. The van der Waals surface area contributed by atoms with Gasteiger partial charge in [0.25, 0.3) is 0 Å². The monoisotopic (exact) mass is 303 g/mol. The second kappa shape index (κ2) is 6.22. The van der Waals surface area contributed by atoms with Crippen LogP contribution in [0.5, 0.6) is 0 Å². The van der Waals surface area contributed by atoms with Gasteiger partial charge in [-0.05, 0) is 23.8 Å². The van der Waals surface area contributed by atoms with E-state index >= 15 is 0 Å². The Hall–Kier alpha value is -2.30. The van der Waals surface area contributed by atoms with E-state index < -0.39 is 23.5 Å². The number of ether oxygens (including phenoxy) is 2. The van der Waals surface area contributed by atoms with Gasteiger partial charge in [-0.1, -0.05) is 26.0 Å². The van der Waals surface area contributed by atoms with E-state index in [1.165, 1.54) is 6.08 Å². The molecule has 1 atom stereocenters. The van der Waals surface area contributed by atoms with Crippen LogP contribution in [0.15, 0.2) is 30.3 Å². The summed E-state index contributed by atoms with van der Waals surface area (Å²) in [4.78, 5) is 25.4. The van der Waals surface area contributed by atoms with E-state index in [9.17, 15) is 9.59 Å². The first kappa shape index (κ1) is 16.1. The number of nitrogens with zero attached hydrogens (tertiary/aromatic N) is 1. The van der Waals surface area contributed by atoms with Crippen LogP contribution >= 0.6 is 0 Å². The fourth-order valence-electron chi connectivity index (χ4n) is 2.14. The molecule has 0 amide bonds. The standard InChI is InChI=1S/C17H21NO4/c1-17(2)11-21-16(20)15(17)22-14(19)10-7-12-5-8-13(9-6-12)18(3)4/h5-10,15H,11H2,1-4H3/b10-7+/t15-/m0/s1. The van der Waals surface area contributed by atoms with Gasteiger partial charge in [-0.2, -0.15) is 0 Å². The molecule has 1 heterocycles. The topological polar surface area (TPSA) is 55.8 Å². The first-order chi connectivity index (χ1) is 10.3. The third kappa shape index (κ3) is 3.67. The smallest absolute Gasteiger partial charge is 0.348 e. The maximum atomic E-state index is 11.9. The summed E-state index contributed by atoms with van der Waals surface area (Å²) < 4.78 is 10.1. The number of carbonyl (C=O) groups is 2. The molecular weight excluding hydrogens is 282 g/mol. The van der Waals surface area contributed by atoms with Crippen molar-refractivity contribution in [3.8, 4) is 0 Å². The van der Waals surface area contributed by atoms with Crippen molar-refractivity contribution in [2.75, 3.05) is 25.6 Å². The molecule has 1 fully saturated rings. The largest absolute Gasteiger partial charge is 0.462 e. The molecule has 0 aromatic heterocycles. The number of rotatable bonds is 4. The van der Waals surface area contributed by atoms with Crippen molar-refractivity contribution in [2.45, 2.75) is 20.0 Å². The minimum atomic E-state index is -0.847. The number of cyclic esters (lactones) is 1. The Kier molecular flexibility index (Phi) is 4.54. The van der Waals surface area contributed by atoms with Crippen LogP contribution in [-0.2, 0) is 19.1 Å². The van der Waals surface area contributed by atoms with Gasteiger partial charge in [0.1, 0.15) is 6.61 Å². The normalized spacial score (nSPS) is 20.0. The van der Waals surface area contributed by atoms with Crippen molar-refractivity contribution in [1.82, 2.24) is 0 Å². The summed E-state index contributed by atoms with van der Waals surface area (Å²) in [5.41, 5.74) is 1.47. The van der Waals surface area contributed by atoms with Gasteiger partial charge in [0.15, 0.2) is 0 Å². The third-order valence-corrected chi connectivity index (χ3v) is 3.57. The first-order valence-corrected chi connectivity index (χ1v) is 7.12. The van der Waals surface area contributed by atoms with Crippen molar-refractivity contribution in [3.05, 3.63) is 35.9 Å². The number of benzene rings is 1. The average Bonchev–Trinajstić information content (AvgIpc) is 2.72. The van der Waals surface area contributed by atoms with Gasteiger partial charge >= 0.3 is 11.9 Å². The van der Waals surface area contributed by atoms with Crippen LogP contribution in [0.25, 0.3) is 6.08 Å². The van der Waals surface area contributed by atoms with Crippen molar-refractivity contribution < 1.29 is 19.1 Å². The van der Waals surface area contributed by atoms with E-state index in [0.29, 0.717) is 0 Å². The molecule has 0 bridgehead atoms. The van der Waals surface area contributed by atoms with E-state index in [2.05, 4.69) is 0 Å². The summed E-state index contributed by atoms with van der Waals surface area (Å²) in [6.45, 7) is 3.93. The molecular formula is C17H21NO4. The van der Waals surface area contributed by atoms with Crippen molar-refractivity contribution in [3.63, 3.8) is 0 Å². The van der Waals surface area contributed by atoms with Crippen LogP contribution < -0.4 is 4.90 Å². The van der Waals surface area contributed by atoms with Crippen molar-refractivity contribution >= 4 is 23.7 Å². The molecule has 0 spiro atoms. The van der Waals surface area contributed by atoms with E-state index in [0.717, 1.165) is 11.3 Å². The summed E-state index contributed by atoms with van der Waals surface area (Å²) >= 11 is 0. The van der Waals surface area contributed by atoms with Crippen LogP contribution in [-0.4, -0.2) is 38.7 Å². The Morgan fingerprint density at radius 1 is 1.32 bits per heavy atom. The van der Waals surface area contributed by atoms with Gasteiger partial charge in [0, 0.05) is 31.3 Å². The summed E-state index contributed by atoms with van der Waals surface area (Å²) in [7, 11) is 3.93. The van der Waals surface area contributed by atoms with Crippen molar-refractivity contribution in [2.24, 2.45) is 5.41 Å². The molecule has 0 N–H and O–H groups in total. The third-order valence-electron chi connectivity index (χ3n) is 3.57. The first-order valence-electron chi connectivity index (χ1n) is 7.12. The van der Waals surface area contributed by atoms with Gasteiger partial charge in [-0.3, -0.25) is 0 Å². The molecule has 1 aliphatic heterocycles. The minimum Gasteiger partial charge on any atom is -0.462 e. The molecule has 5 nitrogen and oxygen atoms in total. The Morgan fingerprint density at radius 3 is 2.45 bits per heavy atom. The molecule has 0 aliphatic carbocycles. The van der Waals surface area contributed by atoms with Crippen LogP contribution in [0, 0.1) is 5.41 Å². The lowest BCUT2D eigenvalue weighted by molar-refractivity contribution is -0.159. The zero-order valence-corrected chi connectivity index (χ0v) is 13.3. The lowest BCUT2D eigenvalue weighted by atomic mass is 9.90. The highest BCUT2D eigenvalue weighted by Crippen LogP contribution is 2.31. The van der Waals surface area contributed by atoms with E-state index in [4.69, 9.17) is 9.47 Å².